The van der Waals surface area contributed by atoms with Gasteiger partial charge in [0.1, 0.15) is 5.82 Å². The van der Waals surface area contributed by atoms with E-state index in [1.165, 1.54) is 0 Å². The topological polar surface area (TPSA) is 88.5 Å². The van der Waals surface area contributed by atoms with Crippen LogP contribution < -0.4 is 5.32 Å². The predicted octanol–water partition coefficient (Wildman–Crippen LogP) is 3.04. The maximum Gasteiger partial charge on any atom is 0.412 e. The van der Waals surface area contributed by atoms with Gasteiger partial charge in [0, 0.05) is 18.0 Å². The molecule has 0 aliphatic rings. The summed E-state index contributed by atoms with van der Waals surface area (Å²) in [5.74, 6) is -0.427. The number of carboxylic acids is 1. The predicted molar refractivity (Wildman–Crippen MR) is 78.2 cm³/mol. The Morgan fingerprint density at radius 3 is 2.71 bits per heavy atom. The van der Waals surface area contributed by atoms with E-state index in [-0.39, 0.29) is 13.0 Å². The number of nitrogens with zero attached hydrogens (tertiary/aromatic N) is 1. The number of aliphatic carboxylic acids is 1. The third-order valence-corrected chi connectivity index (χ3v) is 2.88. The second kappa shape index (κ2) is 7.23. The molecular weight excluding hydrogens is 272 g/mol. The van der Waals surface area contributed by atoms with E-state index in [1.54, 1.807) is 12.3 Å². The number of amides is 1. The molecule has 1 aromatic carbocycles. The monoisotopic (exact) mass is 288 g/mol. The Balaban J connectivity index is 1.80. The van der Waals surface area contributed by atoms with Gasteiger partial charge in [-0.05, 0) is 24.3 Å². The van der Waals surface area contributed by atoms with Crippen LogP contribution in [-0.4, -0.2) is 28.8 Å². The molecule has 21 heavy (non-hydrogen) atoms. The molecular formula is C15H16N2O4. The minimum absolute atomic E-state index is 0.0806. The van der Waals surface area contributed by atoms with Gasteiger partial charge in [-0.1, -0.05) is 24.3 Å². The molecule has 0 aliphatic carbocycles. The van der Waals surface area contributed by atoms with Gasteiger partial charge in [-0.3, -0.25) is 10.1 Å². The molecule has 0 atom stereocenters. The minimum atomic E-state index is -0.847. The number of pyridine rings is 1. The zero-order valence-corrected chi connectivity index (χ0v) is 11.4. The smallest absolute Gasteiger partial charge is 0.412 e. The molecule has 2 N–H and O–H groups in total. The highest BCUT2D eigenvalue weighted by Gasteiger charge is 2.05. The highest BCUT2D eigenvalue weighted by Crippen LogP contribution is 2.16. The van der Waals surface area contributed by atoms with E-state index >= 15 is 0 Å². The number of carbonyl (C=O) groups is 2. The molecule has 0 saturated carbocycles. The van der Waals surface area contributed by atoms with Crippen molar-refractivity contribution in [3.8, 4) is 0 Å². The number of unbranched alkanes of at least 4 members (excludes halogenated alkanes) is 1. The van der Waals surface area contributed by atoms with Crippen LogP contribution in [0, 0.1) is 0 Å². The summed E-state index contributed by atoms with van der Waals surface area (Å²) in [6, 6.07) is 9.46. The SMILES string of the molecule is O=C(O)CCCCOC(=O)Nc1cc2ccccc2cn1. The number of carbonyl (C=O) groups excluding carboxylic acids is 1. The van der Waals surface area contributed by atoms with Crippen molar-refractivity contribution in [1.29, 1.82) is 0 Å². The number of ether oxygens (including phenoxy) is 1. The molecule has 0 bridgehead atoms. The molecule has 0 fully saturated rings. The van der Waals surface area contributed by atoms with Crippen LogP contribution >= 0.6 is 0 Å². The van der Waals surface area contributed by atoms with Gasteiger partial charge < -0.3 is 9.84 Å². The number of carboxylic acid groups (broad SMARTS) is 1. The molecule has 6 nitrogen and oxygen atoms in total. The van der Waals surface area contributed by atoms with Gasteiger partial charge in [-0.25, -0.2) is 9.78 Å². The Kier molecular flexibility index (Phi) is 5.09. The Morgan fingerprint density at radius 1 is 1.19 bits per heavy atom. The number of fused-ring (bicyclic) bond motifs is 1. The van der Waals surface area contributed by atoms with Gasteiger partial charge in [0.15, 0.2) is 0 Å². The summed E-state index contributed by atoms with van der Waals surface area (Å²) in [6.07, 6.45) is 2.17. The van der Waals surface area contributed by atoms with Gasteiger partial charge in [0.25, 0.3) is 0 Å². The minimum Gasteiger partial charge on any atom is -0.481 e. The summed E-state index contributed by atoms with van der Waals surface area (Å²) in [5, 5.41) is 13.0. The van der Waals surface area contributed by atoms with Crippen molar-refractivity contribution in [3.63, 3.8) is 0 Å². The lowest BCUT2D eigenvalue weighted by Gasteiger charge is -2.06. The maximum atomic E-state index is 11.6. The van der Waals surface area contributed by atoms with Crippen molar-refractivity contribution < 1.29 is 19.4 Å². The van der Waals surface area contributed by atoms with Gasteiger partial charge in [-0.15, -0.1) is 0 Å². The van der Waals surface area contributed by atoms with E-state index in [2.05, 4.69) is 10.3 Å². The first-order valence-corrected chi connectivity index (χ1v) is 6.65. The third kappa shape index (κ3) is 4.76. The van der Waals surface area contributed by atoms with Crippen molar-refractivity contribution in [2.24, 2.45) is 0 Å². The summed E-state index contributed by atoms with van der Waals surface area (Å²) >= 11 is 0. The average molecular weight is 288 g/mol. The van der Waals surface area contributed by atoms with Crippen LogP contribution in [0.15, 0.2) is 36.5 Å². The summed E-state index contributed by atoms with van der Waals surface area (Å²) in [7, 11) is 0. The average Bonchev–Trinajstić information content (AvgIpc) is 2.46. The van der Waals surface area contributed by atoms with Crippen LogP contribution in [0.3, 0.4) is 0 Å². The van der Waals surface area contributed by atoms with Crippen molar-refractivity contribution in [2.75, 3.05) is 11.9 Å². The first-order valence-electron chi connectivity index (χ1n) is 6.65. The van der Waals surface area contributed by atoms with Gasteiger partial charge >= 0.3 is 12.1 Å². The Morgan fingerprint density at radius 2 is 1.95 bits per heavy atom. The molecule has 1 aromatic heterocycles. The zero-order chi connectivity index (χ0) is 15.1. The van der Waals surface area contributed by atoms with Crippen LogP contribution in [0.2, 0.25) is 0 Å². The zero-order valence-electron chi connectivity index (χ0n) is 11.4. The van der Waals surface area contributed by atoms with Crippen LogP contribution in [-0.2, 0) is 9.53 Å². The summed E-state index contributed by atoms with van der Waals surface area (Å²) < 4.78 is 4.96. The largest absolute Gasteiger partial charge is 0.481 e. The molecule has 2 rings (SSSR count). The molecule has 0 unspecified atom stereocenters. The highest BCUT2D eigenvalue weighted by molar-refractivity contribution is 5.89. The van der Waals surface area contributed by atoms with Crippen molar-refractivity contribution in [2.45, 2.75) is 19.3 Å². The number of hydrogen-bond acceptors (Lipinski definition) is 4. The van der Waals surface area contributed by atoms with E-state index in [4.69, 9.17) is 9.84 Å². The number of hydrogen-bond donors (Lipinski definition) is 2. The van der Waals surface area contributed by atoms with Gasteiger partial charge in [0.05, 0.1) is 6.61 Å². The highest BCUT2D eigenvalue weighted by atomic mass is 16.5. The molecule has 0 saturated heterocycles. The Bertz CT molecular complexity index is 642. The van der Waals surface area contributed by atoms with Crippen molar-refractivity contribution in [3.05, 3.63) is 36.5 Å². The van der Waals surface area contributed by atoms with Crippen LogP contribution in [0.1, 0.15) is 19.3 Å². The van der Waals surface area contributed by atoms with Crippen molar-refractivity contribution >= 4 is 28.7 Å². The first-order chi connectivity index (χ1) is 10.1. The number of anilines is 1. The number of aromatic nitrogens is 1. The lowest BCUT2D eigenvalue weighted by Crippen LogP contribution is -2.15. The second-order valence-corrected chi connectivity index (χ2v) is 4.53. The fourth-order valence-electron chi connectivity index (χ4n) is 1.84. The van der Waals surface area contributed by atoms with E-state index in [0.29, 0.717) is 18.7 Å². The molecule has 0 aliphatic heterocycles. The molecule has 2 aromatic rings. The molecule has 0 radical (unpaired) electrons. The number of nitrogens with one attached hydrogen (secondary N) is 1. The Hall–Kier alpha value is -2.63. The van der Waals surface area contributed by atoms with Crippen molar-refractivity contribution in [1.82, 2.24) is 4.98 Å². The van der Waals surface area contributed by atoms with Crippen LogP contribution in [0.5, 0.6) is 0 Å². The fraction of sp³-hybridized carbons (Fsp3) is 0.267. The maximum absolute atomic E-state index is 11.6. The van der Waals surface area contributed by atoms with Gasteiger partial charge in [-0.2, -0.15) is 0 Å². The summed E-state index contributed by atoms with van der Waals surface area (Å²) in [5.41, 5.74) is 0. The van der Waals surface area contributed by atoms with E-state index in [1.807, 2.05) is 24.3 Å². The quantitative estimate of drug-likeness (QED) is 0.797. The van der Waals surface area contributed by atoms with E-state index in [9.17, 15) is 9.59 Å². The first kappa shape index (κ1) is 14.8. The molecule has 110 valence electrons. The number of benzene rings is 1. The third-order valence-electron chi connectivity index (χ3n) is 2.88. The summed E-state index contributed by atoms with van der Waals surface area (Å²) in [6.45, 7) is 0.187. The lowest BCUT2D eigenvalue weighted by molar-refractivity contribution is -0.137. The standard InChI is InChI=1S/C15H16N2O4/c18-14(19)7-3-4-8-21-15(20)17-13-9-11-5-1-2-6-12(11)10-16-13/h1-2,5-6,9-10H,3-4,7-8H2,(H,18,19)(H,16,17,20). The number of rotatable bonds is 6. The van der Waals surface area contributed by atoms with Gasteiger partial charge in [0.2, 0.25) is 0 Å². The Labute approximate surface area is 121 Å². The fourth-order valence-corrected chi connectivity index (χ4v) is 1.84. The summed E-state index contributed by atoms with van der Waals surface area (Å²) in [4.78, 5) is 26.0. The lowest BCUT2D eigenvalue weighted by atomic mass is 10.2. The molecule has 0 spiro atoms. The molecule has 1 amide bonds. The van der Waals surface area contributed by atoms with Crippen LogP contribution in [0.4, 0.5) is 10.6 Å². The molecule has 1 heterocycles. The second-order valence-electron chi connectivity index (χ2n) is 4.53. The van der Waals surface area contributed by atoms with E-state index in [0.717, 1.165) is 10.8 Å². The molecule has 6 heteroatoms. The normalized spacial score (nSPS) is 10.3. The van der Waals surface area contributed by atoms with Crippen LogP contribution in [0.25, 0.3) is 10.8 Å². The van der Waals surface area contributed by atoms with E-state index < -0.39 is 12.1 Å².